The average molecular weight is 515 g/mol. The molecule has 0 bridgehead atoms. The number of rotatable bonds is 8. The predicted octanol–water partition coefficient (Wildman–Crippen LogP) is 7.76. The third kappa shape index (κ3) is 8.29. The molecule has 0 spiro atoms. The van der Waals surface area contributed by atoms with Crippen molar-refractivity contribution in [2.24, 2.45) is 0 Å². The Morgan fingerprint density at radius 2 is 0.811 bits per heavy atom. The zero-order valence-corrected chi connectivity index (χ0v) is 25.3. The molecule has 0 amide bonds. The van der Waals surface area contributed by atoms with Crippen molar-refractivity contribution in [3.63, 3.8) is 0 Å². The molecule has 2 aromatic rings. The molecule has 2 aromatic carbocycles. The van der Waals surface area contributed by atoms with Crippen LogP contribution in [0.2, 0.25) is 0 Å². The number of benzene rings is 2. The van der Waals surface area contributed by atoms with Crippen LogP contribution in [0.4, 0.5) is 0 Å². The Morgan fingerprint density at radius 1 is 0.486 bits per heavy atom. The maximum absolute atomic E-state index is 10.7. The predicted molar refractivity (Wildman–Crippen MR) is 153 cm³/mol. The maximum atomic E-state index is 10.7. The number of phenols is 2. The first-order valence-corrected chi connectivity index (χ1v) is 13.3. The Bertz CT molecular complexity index is 972. The van der Waals surface area contributed by atoms with Crippen molar-refractivity contribution in [1.29, 1.82) is 0 Å². The van der Waals surface area contributed by atoms with Crippen LogP contribution in [-0.2, 0) is 26.4 Å². The molecule has 0 aliphatic heterocycles. The topological polar surface area (TPSA) is 68.2 Å². The van der Waals surface area contributed by atoms with Gasteiger partial charge in [-0.3, -0.25) is 0 Å². The Hall–Kier alpha value is -2.40. The minimum absolute atomic E-state index is 0.0759. The minimum atomic E-state index is -0.182. The van der Waals surface area contributed by atoms with E-state index in [2.05, 4.69) is 95.2 Å². The van der Waals surface area contributed by atoms with Crippen molar-refractivity contribution < 1.29 is 24.4 Å². The van der Waals surface area contributed by atoms with Crippen LogP contribution < -0.4 is 9.47 Å². The van der Waals surface area contributed by atoms with E-state index in [-0.39, 0.29) is 33.2 Å². The highest BCUT2D eigenvalue weighted by atomic mass is 16.5. The van der Waals surface area contributed by atoms with E-state index in [0.717, 1.165) is 22.3 Å². The van der Waals surface area contributed by atoms with Gasteiger partial charge in [0.15, 0.2) is 23.0 Å². The zero-order chi connectivity index (χ0) is 28.4. The van der Waals surface area contributed by atoms with Crippen molar-refractivity contribution >= 4 is 0 Å². The van der Waals surface area contributed by atoms with E-state index in [1.54, 1.807) is 12.1 Å². The van der Waals surface area contributed by atoms with Crippen LogP contribution >= 0.6 is 0 Å². The Labute approximate surface area is 225 Å². The maximum Gasteiger partial charge on any atom is 0.164 e. The van der Waals surface area contributed by atoms with E-state index in [4.69, 9.17) is 14.2 Å². The van der Waals surface area contributed by atoms with Gasteiger partial charge in [0.05, 0.1) is 13.2 Å². The molecule has 0 atom stereocenters. The number of hydrogen-bond donors (Lipinski definition) is 2. The third-order valence-corrected chi connectivity index (χ3v) is 6.43. The monoisotopic (exact) mass is 514 g/mol. The highest BCUT2D eigenvalue weighted by Crippen LogP contribution is 2.43. The fraction of sp³-hybridized carbons (Fsp3) is 0.625. The molecule has 0 saturated heterocycles. The SMILES string of the molecule is CC(C)(C)c1cc(O)c(OCCOCCOc2c(O)cc(C(C)(C)C)cc2C(C)(C)C)c(C(C)(C)C)c1. The van der Waals surface area contributed by atoms with Crippen LogP contribution in [-0.4, -0.2) is 36.6 Å². The van der Waals surface area contributed by atoms with Gasteiger partial charge in [0.1, 0.15) is 13.2 Å². The van der Waals surface area contributed by atoms with Gasteiger partial charge in [-0.25, -0.2) is 0 Å². The van der Waals surface area contributed by atoms with Gasteiger partial charge in [-0.05, 0) is 44.9 Å². The molecule has 5 nitrogen and oxygen atoms in total. The quantitative estimate of drug-likeness (QED) is 0.352. The van der Waals surface area contributed by atoms with Crippen LogP contribution in [0.3, 0.4) is 0 Å². The fourth-order valence-corrected chi connectivity index (χ4v) is 4.02. The smallest absolute Gasteiger partial charge is 0.164 e. The van der Waals surface area contributed by atoms with Crippen LogP contribution in [0.1, 0.15) is 105 Å². The Morgan fingerprint density at radius 3 is 1.08 bits per heavy atom. The van der Waals surface area contributed by atoms with Crippen LogP contribution in [0.5, 0.6) is 23.0 Å². The average Bonchev–Trinajstić information content (AvgIpc) is 2.71. The Kier molecular flexibility index (Phi) is 9.29. The van der Waals surface area contributed by atoms with Gasteiger partial charge >= 0.3 is 0 Å². The Balaban J connectivity index is 2.00. The molecule has 5 heteroatoms. The zero-order valence-electron chi connectivity index (χ0n) is 25.3. The molecule has 0 saturated carbocycles. The minimum Gasteiger partial charge on any atom is -0.504 e. The molecular formula is C32H50O5. The molecule has 0 radical (unpaired) electrons. The summed E-state index contributed by atoms with van der Waals surface area (Å²) in [7, 11) is 0. The lowest BCUT2D eigenvalue weighted by atomic mass is 9.80. The summed E-state index contributed by atoms with van der Waals surface area (Å²) >= 11 is 0. The number of aromatic hydroxyl groups is 2. The summed E-state index contributed by atoms with van der Waals surface area (Å²) in [6.07, 6.45) is 0. The van der Waals surface area contributed by atoms with E-state index in [0.29, 0.717) is 37.9 Å². The highest BCUT2D eigenvalue weighted by molar-refractivity contribution is 5.53. The molecule has 0 aliphatic rings. The van der Waals surface area contributed by atoms with Crippen molar-refractivity contribution in [3.8, 4) is 23.0 Å². The van der Waals surface area contributed by atoms with Gasteiger partial charge in [-0.1, -0.05) is 95.2 Å². The van der Waals surface area contributed by atoms with E-state index >= 15 is 0 Å². The number of phenolic OH excluding ortho intramolecular Hbond substituents is 2. The molecule has 2 N–H and O–H groups in total. The largest absolute Gasteiger partial charge is 0.504 e. The highest BCUT2D eigenvalue weighted by Gasteiger charge is 2.27. The van der Waals surface area contributed by atoms with Crippen LogP contribution in [0.25, 0.3) is 0 Å². The van der Waals surface area contributed by atoms with Crippen molar-refractivity contribution in [2.45, 2.75) is 105 Å². The van der Waals surface area contributed by atoms with E-state index in [1.807, 2.05) is 0 Å². The lowest BCUT2D eigenvalue weighted by Crippen LogP contribution is -2.20. The lowest BCUT2D eigenvalue weighted by molar-refractivity contribution is 0.0741. The van der Waals surface area contributed by atoms with Crippen LogP contribution in [0.15, 0.2) is 24.3 Å². The van der Waals surface area contributed by atoms with Crippen molar-refractivity contribution in [1.82, 2.24) is 0 Å². The number of hydrogen-bond acceptors (Lipinski definition) is 5. The lowest BCUT2D eigenvalue weighted by Gasteiger charge is -2.28. The second-order valence-electron chi connectivity index (χ2n) is 14.1. The fourth-order valence-electron chi connectivity index (χ4n) is 4.02. The molecular weight excluding hydrogens is 464 g/mol. The first-order valence-electron chi connectivity index (χ1n) is 13.3. The summed E-state index contributed by atoms with van der Waals surface area (Å²) in [4.78, 5) is 0. The molecule has 0 heterocycles. The van der Waals surface area contributed by atoms with Crippen molar-refractivity contribution in [2.75, 3.05) is 26.4 Å². The van der Waals surface area contributed by atoms with E-state index in [1.165, 1.54) is 0 Å². The summed E-state index contributed by atoms with van der Waals surface area (Å²) in [5.74, 6) is 1.34. The van der Waals surface area contributed by atoms with Gasteiger partial charge in [0.2, 0.25) is 0 Å². The first kappa shape index (κ1) is 30.8. The summed E-state index contributed by atoms with van der Waals surface area (Å²) < 4.78 is 17.7. The second-order valence-corrected chi connectivity index (χ2v) is 14.1. The normalized spacial score (nSPS) is 13.1. The van der Waals surface area contributed by atoms with E-state index < -0.39 is 0 Å². The molecule has 0 fully saturated rings. The van der Waals surface area contributed by atoms with Gasteiger partial charge < -0.3 is 24.4 Å². The molecule has 2 rings (SSSR count). The second kappa shape index (κ2) is 11.1. The summed E-state index contributed by atoms with van der Waals surface area (Å²) in [5, 5.41) is 21.5. The molecule has 0 aliphatic carbocycles. The number of ether oxygens (including phenoxy) is 3. The molecule has 208 valence electrons. The third-order valence-electron chi connectivity index (χ3n) is 6.43. The molecule has 0 aromatic heterocycles. The summed E-state index contributed by atoms with van der Waals surface area (Å²) in [6, 6.07) is 7.86. The summed E-state index contributed by atoms with van der Waals surface area (Å²) in [5.41, 5.74) is 3.58. The van der Waals surface area contributed by atoms with E-state index in [9.17, 15) is 10.2 Å². The molecule has 37 heavy (non-hydrogen) atoms. The van der Waals surface area contributed by atoms with Gasteiger partial charge in [0.25, 0.3) is 0 Å². The van der Waals surface area contributed by atoms with Crippen LogP contribution in [0, 0.1) is 0 Å². The van der Waals surface area contributed by atoms with Gasteiger partial charge in [0, 0.05) is 11.1 Å². The molecule has 0 unspecified atom stereocenters. The first-order chi connectivity index (χ1) is 16.7. The van der Waals surface area contributed by atoms with Gasteiger partial charge in [-0.15, -0.1) is 0 Å². The van der Waals surface area contributed by atoms with Crippen molar-refractivity contribution in [3.05, 3.63) is 46.5 Å². The standard InChI is InChI=1S/C32H50O5/c1-29(2,3)21-17-23(31(7,8)9)27(25(33)19-21)36-15-13-35-14-16-37-28-24(32(10,11)12)18-22(20-26(28)34)30(4,5)6/h17-20,33-34H,13-16H2,1-12H3. The van der Waals surface area contributed by atoms with Gasteiger partial charge in [-0.2, -0.15) is 0 Å². The summed E-state index contributed by atoms with van der Waals surface area (Å²) in [6.45, 7) is 26.8.